The average molecular weight is 680 g/mol. The standard InChI is InChI=1S/C37H63N2O4.BrH/c1-6-14-34(41)43-35-32(39(5)21-12-7-8-13-22-39)24-30-28-16-15-27-23-33(42-26(2)40)31(38-19-10-9-11-20-38)25-37(27,4)29(28)17-18-36(30,35)3;/h27-33,35H,6-25H2,1-5H3;1H/q+1;/p-1/t27-,28+,29-,30-,31-,32-,33-,35-,36-,37-;/m0./s1. The predicted molar refractivity (Wildman–Crippen MR) is 170 cm³/mol. The highest BCUT2D eigenvalue weighted by Gasteiger charge is 2.67. The molecular weight excluding hydrogens is 616 g/mol. The molecule has 10 atom stereocenters. The molecule has 2 heterocycles. The van der Waals surface area contributed by atoms with Crippen molar-refractivity contribution in [2.75, 3.05) is 33.2 Å². The number of nitrogens with zero attached hydrogens (tertiary/aromatic N) is 2. The van der Waals surface area contributed by atoms with Gasteiger partial charge in [0.1, 0.15) is 12.1 Å². The lowest BCUT2D eigenvalue weighted by Crippen LogP contribution is -3.00. The van der Waals surface area contributed by atoms with Crippen molar-refractivity contribution in [3.63, 3.8) is 0 Å². The Morgan fingerprint density at radius 2 is 1.55 bits per heavy atom. The molecule has 252 valence electrons. The highest BCUT2D eigenvalue weighted by Crippen LogP contribution is 2.67. The van der Waals surface area contributed by atoms with E-state index in [-0.39, 0.29) is 52.0 Å². The molecular formula is C37H63BrN2O4. The van der Waals surface area contributed by atoms with Crippen molar-refractivity contribution in [1.82, 2.24) is 4.90 Å². The van der Waals surface area contributed by atoms with Crippen molar-refractivity contribution < 1.29 is 40.5 Å². The number of hydrogen-bond donors (Lipinski definition) is 0. The summed E-state index contributed by atoms with van der Waals surface area (Å²) in [6, 6.07) is 0.789. The SMILES string of the molecule is CCCC(=O)O[C@H]1[C@@H]([N+]2(C)CCCCCC2)C[C@H]2[C@@H]3CC[C@H]4C[C@H](OC(C)=O)[C@@H](N5CCCCC5)C[C@]4(C)[C@H]3CC[C@@]21C.[Br-]. The number of hydrogen-bond acceptors (Lipinski definition) is 5. The minimum Gasteiger partial charge on any atom is -1.00 e. The number of likely N-dealkylation sites (tertiary alicyclic amines) is 2. The Hall–Kier alpha value is -0.660. The van der Waals surface area contributed by atoms with Crippen molar-refractivity contribution in [2.24, 2.45) is 34.5 Å². The molecule has 0 amide bonds. The first-order valence-electron chi connectivity index (χ1n) is 18.5. The van der Waals surface area contributed by atoms with Crippen LogP contribution in [0.5, 0.6) is 0 Å². The zero-order valence-electron chi connectivity index (χ0n) is 28.7. The molecule has 6 aliphatic rings. The van der Waals surface area contributed by atoms with Crippen LogP contribution >= 0.6 is 0 Å². The fourth-order valence-corrected chi connectivity index (χ4v) is 12.1. The van der Waals surface area contributed by atoms with Crippen molar-refractivity contribution >= 4 is 11.9 Å². The number of piperidine rings is 1. The van der Waals surface area contributed by atoms with Gasteiger partial charge in [-0.3, -0.25) is 14.5 Å². The lowest BCUT2D eigenvalue weighted by molar-refractivity contribution is -0.935. The molecule has 6 nitrogen and oxygen atoms in total. The quantitative estimate of drug-likeness (QED) is 0.312. The van der Waals surface area contributed by atoms with Crippen molar-refractivity contribution in [3.05, 3.63) is 0 Å². The number of fused-ring (bicyclic) bond motifs is 5. The van der Waals surface area contributed by atoms with Gasteiger partial charge in [0.25, 0.3) is 0 Å². The fourth-order valence-electron chi connectivity index (χ4n) is 12.1. The first kappa shape index (κ1) is 34.7. The summed E-state index contributed by atoms with van der Waals surface area (Å²) in [7, 11) is 2.51. The van der Waals surface area contributed by atoms with Gasteiger partial charge in [0, 0.05) is 31.2 Å². The maximum absolute atomic E-state index is 13.2. The largest absolute Gasteiger partial charge is 1.00 e. The van der Waals surface area contributed by atoms with Gasteiger partial charge in [-0.05, 0) is 126 Å². The van der Waals surface area contributed by atoms with Gasteiger partial charge < -0.3 is 30.9 Å². The van der Waals surface area contributed by atoms with Gasteiger partial charge in [0.05, 0.1) is 20.1 Å². The summed E-state index contributed by atoms with van der Waals surface area (Å²) in [5.74, 6) is 2.62. The summed E-state index contributed by atoms with van der Waals surface area (Å²) in [6.45, 7) is 13.7. The van der Waals surface area contributed by atoms with Crippen LogP contribution in [0.2, 0.25) is 0 Å². The van der Waals surface area contributed by atoms with E-state index in [1.54, 1.807) is 6.92 Å². The monoisotopic (exact) mass is 678 g/mol. The second kappa shape index (κ2) is 13.8. The minimum absolute atomic E-state index is 0. The van der Waals surface area contributed by atoms with Gasteiger partial charge in [-0.2, -0.15) is 0 Å². The lowest BCUT2D eigenvalue weighted by atomic mass is 9.44. The van der Waals surface area contributed by atoms with E-state index in [1.807, 2.05) is 0 Å². The maximum Gasteiger partial charge on any atom is 0.306 e. The first-order chi connectivity index (χ1) is 20.6. The molecule has 0 aromatic rings. The van der Waals surface area contributed by atoms with Crippen LogP contribution < -0.4 is 17.0 Å². The highest BCUT2D eigenvalue weighted by atomic mass is 79.9. The topological polar surface area (TPSA) is 55.8 Å². The number of halogens is 1. The van der Waals surface area contributed by atoms with Crippen LogP contribution in [-0.4, -0.2) is 78.8 Å². The summed E-state index contributed by atoms with van der Waals surface area (Å²) in [5, 5.41) is 0. The number of esters is 2. The lowest BCUT2D eigenvalue weighted by Gasteiger charge is -2.62. The van der Waals surface area contributed by atoms with Gasteiger partial charge in [0.2, 0.25) is 0 Å². The smallest absolute Gasteiger partial charge is 0.306 e. The van der Waals surface area contributed by atoms with Crippen LogP contribution in [-0.2, 0) is 19.1 Å². The van der Waals surface area contributed by atoms with Gasteiger partial charge in [-0.15, -0.1) is 0 Å². The van der Waals surface area contributed by atoms with E-state index in [9.17, 15) is 9.59 Å². The second-order valence-corrected chi connectivity index (χ2v) is 16.8. The van der Waals surface area contributed by atoms with Crippen LogP contribution in [0.15, 0.2) is 0 Å². The van der Waals surface area contributed by atoms with Gasteiger partial charge >= 0.3 is 11.9 Å². The summed E-state index contributed by atoms with van der Waals surface area (Å²) < 4.78 is 13.9. The zero-order valence-corrected chi connectivity index (χ0v) is 30.3. The van der Waals surface area contributed by atoms with Gasteiger partial charge in [0.15, 0.2) is 6.10 Å². The normalized spacial score (nSPS) is 43.8. The first-order valence-corrected chi connectivity index (χ1v) is 18.5. The maximum atomic E-state index is 13.2. The van der Waals surface area contributed by atoms with Crippen LogP contribution in [0.3, 0.4) is 0 Å². The van der Waals surface area contributed by atoms with Crippen molar-refractivity contribution in [3.8, 4) is 0 Å². The van der Waals surface area contributed by atoms with Crippen LogP contribution in [0.1, 0.15) is 130 Å². The van der Waals surface area contributed by atoms with Crippen LogP contribution in [0.4, 0.5) is 0 Å². The molecule has 6 fully saturated rings. The molecule has 0 aromatic carbocycles. The Labute approximate surface area is 279 Å². The van der Waals surface area contributed by atoms with Gasteiger partial charge in [-0.25, -0.2) is 0 Å². The van der Waals surface area contributed by atoms with Crippen LogP contribution in [0.25, 0.3) is 0 Å². The Morgan fingerprint density at radius 3 is 2.20 bits per heavy atom. The van der Waals surface area contributed by atoms with Crippen molar-refractivity contribution in [1.29, 1.82) is 0 Å². The molecule has 0 spiro atoms. The van der Waals surface area contributed by atoms with E-state index in [0.29, 0.717) is 36.3 Å². The summed E-state index contributed by atoms with van der Waals surface area (Å²) in [5.41, 5.74) is 0.365. The summed E-state index contributed by atoms with van der Waals surface area (Å²) in [4.78, 5) is 28.1. The molecule has 2 aliphatic heterocycles. The average Bonchev–Trinajstić information content (AvgIpc) is 3.10. The third kappa shape index (κ3) is 6.30. The molecule has 0 radical (unpaired) electrons. The Kier molecular flexibility index (Phi) is 10.9. The minimum atomic E-state index is -0.108. The van der Waals surface area contributed by atoms with Crippen LogP contribution in [0, 0.1) is 34.5 Å². The molecule has 44 heavy (non-hydrogen) atoms. The van der Waals surface area contributed by atoms with Crippen molar-refractivity contribution in [2.45, 2.75) is 155 Å². The second-order valence-electron chi connectivity index (χ2n) is 16.8. The van der Waals surface area contributed by atoms with E-state index < -0.39 is 0 Å². The number of likely N-dealkylation sites (N-methyl/N-ethyl adjacent to an activating group) is 1. The number of rotatable bonds is 6. The molecule has 2 saturated heterocycles. The van der Waals surface area contributed by atoms with E-state index in [1.165, 1.54) is 96.6 Å². The van der Waals surface area contributed by atoms with E-state index in [4.69, 9.17) is 9.47 Å². The fraction of sp³-hybridized carbons (Fsp3) is 0.946. The summed E-state index contributed by atoms with van der Waals surface area (Å²) in [6.07, 6.45) is 19.1. The van der Waals surface area contributed by atoms with E-state index in [0.717, 1.165) is 36.3 Å². The molecule has 0 aromatic heterocycles. The summed E-state index contributed by atoms with van der Waals surface area (Å²) >= 11 is 0. The molecule has 7 heteroatoms. The number of carbonyl (C=O) groups excluding carboxylic acids is 2. The third-order valence-electron chi connectivity index (χ3n) is 14.4. The van der Waals surface area contributed by atoms with E-state index >= 15 is 0 Å². The number of carbonyl (C=O) groups is 2. The van der Waals surface area contributed by atoms with Gasteiger partial charge in [-0.1, -0.05) is 27.2 Å². The molecule has 4 aliphatic carbocycles. The molecule has 6 rings (SSSR count). The molecule has 4 saturated carbocycles. The highest BCUT2D eigenvalue weighted by molar-refractivity contribution is 5.69. The molecule has 0 N–H and O–H groups in total. The Balaban J connectivity index is 0.00000384. The van der Waals surface area contributed by atoms with E-state index in [2.05, 4.69) is 32.7 Å². The number of ether oxygens (including phenoxy) is 2. The third-order valence-corrected chi connectivity index (χ3v) is 14.4. The number of quaternary nitrogens is 1. The molecule has 0 bridgehead atoms. The zero-order chi connectivity index (χ0) is 30.4. The predicted octanol–water partition coefficient (Wildman–Crippen LogP) is 4.14. The Bertz CT molecular complexity index is 1010. The molecule has 0 unspecified atom stereocenters. The Morgan fingerprint density at radius 1 is 0.864 bits per heavy atom.